The van der Waals surface area contributed by atoms with Gasteiger partial charge in [-0.2, -0.15) is 4.80 Å². The molecule has 0 aliphatic carbocycles. The van der Waals surface area contributed by atoms with Crippen LogP contribution in [0.25, 0.3) is 33.4 Å². The van der Waals surface area contributed by atoms with E-state index < -0.39 is 5.91 Å². The SMILES string of the molecule is CC(C)c1cc(-c2ccc(OCC(=O)NCc3ccccc3)c(C(C)C)c2)ccc1OCCN(C)C.CCC(C)c1cc(-c2ccc(OCc3nnn(Cc4ccccc4)n3)c(C(C)CC)c2)ccc1OCCN(C)C.CN(C)CCOc1ccc(-c2ccc(OCC(N)=O)cc2)cc1. The van der Waals surface area contributed by atoms with E-state index >= 15 is 0 Å². The number of carbonyl (C=O) groups is 2. The van der Waals surface area contributed by atoms with E-state index in [9.17, 15) is 9.59 Å². The number of rotatable bonds is 34. The highest BCUT2D eigenvalue weighted by atomic mass is 16.5. The van der Waals surface area contributed by atoms with E-state index in [0.29, 0.717) is 62.2 Å². The Morgan fingerprint density at radius 2 is 0.848 bits per heavy atom. The average molecular weight is 1340 g/mol. The maximum atomic E-state index is 12.4. The van der Waals surface area contributed by atoms with E-state index in [1.165, 1.54) is 27.8 Å². The van der Waals surface area contributed by atoms with Crippen LogP contribution in [0, 0.1) is 0 Å². The highest BCUT2D eigenvalue weighted by Gasteiger charge is 2.19. The lowest BCUT2D eigenvalue weighted by molar-refractivity contribution is -0.123. The van der Waals surface area contributed by atoms with E-state index in [2.05, 4.69) is 184 Å². The summed E-state index contributed by atoms with van der Waals surface area (Å²) in [7, 11) is 12.3. The number of ether oxygens (including phenoxy) is 6. The summed E-state index contributed by atoms with van der Waals surface area (Å²) in [5.74, 6) is 6.32. The second kappa shape index (κ2) is 39.7. The van der Waals surface area contributed by atoms with Crippen molar-refractivity contribution in [2.75, 3.05) is 95.0 Å². The Morgan fingerprint density at radius 3 is 1.28 bits per heavy atom. The minimum absolute atomic E-state index is 0.0115. The molecule has 17 nitrogen and oxygen atoms in total. The molecule has 1 heterocycles. The summed E-state index contributed by atoms with van der Waals surface area (Å²) in [4.78, 5) is 31.0. The van der Waals surface area contributed by atoms with Crippen LogP contribution in [-0.2, 0) is 29.3 Å². The number of benzene rings is 8. The van der Waals surface area contributed by atoms with Gasteiger partial charge in [-0.1, -0.05) is 165 Å². The van der Waals surface area contributed by atoms with Crippen molar-refractivity contribution in [2.24, 2.45) is 5.73 Å². The van der Waals surface area contributed by atoms with Gasteiger partial charge in [0.1, 0.15) is 54.3 Å². The van der Waals surface area contributed by atoms with Crippen LogP contribution >= 0.6 is 0 Å². The average Bonchev–Trinajstić information content (AvgIpc) is 1.03. The van der Waals surface area contributed by atoms with Crippen LogP contribution in [-0.4, -0.2) is 142 Å². The largest absolute Gasteiger partial charge is 0.492 e. The lowest BCUT2D eigenvalue weighted by atomic mass is 9.91. The molecule has 0 fully saturated rings. The van der Waals surface area contributed by atoms with Crippen molar-refractivity contribution in [1.82, 2.24) is 40.2 Å². The third-order valence-corrected chi connectivity index (χ3v) is 16.8. The topological polar surface area (TPSA) is 181 Å². The molecule has 2 atom stereocenters. The standard InChI is InChI=1S/C33H43N5O2.C31H40N2O3.C18H22N2O3/c1-7-24(3)29-20-27(14-16-31(29)39-19-18-37(5)6)28-15-17-32(30(21-28)25(4)8-2)40-23-33-34-36-38(35-33)22-26-12-10-9-11-13-26;1-22(2)27-18-25(12-14-29(27)35-17-16-33(5)6)26-13-15-30(28(19-26)23(3)4)36-21-31(34)32-20-24-10-8-7-9-11-24;1-20(2)11-12-22-16-7-3-14(4-8-16)15-5-9-17(10-6-15)23-13-18(19)21/h9-17,20-21,24-25H,7-8,18-19,22-23H2,1-6H3;7-15,18-19,22-23H,16-17,20-21H2,1-6H3,(H,32,34);3-10H,11-13H2,1-2H3,(H2,19,21). The number of tetrazole rings is 1. The summed E-state index contributed by atoms with van der Waals surface area (Å²) >= 11 is 0. The van der Waals surface area contributed by atoms with Gasteiger partial charge in [-0.3, -0.25) is 9.59 Å². The first-order valence-corrected chi connectivity index (χ1v) is 34.5. The van der Waals surface area contributed by atoms with Crippen LogP contribution < -0.4 is 39.5 Å². The molecule has 99 heavy (non-hydrogen) atoms. The fraction of sp³-hybridized carbons (Fsp3) is 0.378. The van der Waals surface area contributed by atoms with Crippen molar-refractivity contribution in [3.63, 3.8) is 0 Å². The van der Waals surface area contributed by atoms with Crippen molar-refractivity contribution in [3.05, 3.63) is 221 Å². The quantitative estimate of drug-likeness (QED) is 0.0389. The molecule has 9 rings (SSSR count). The number of hydrogen-bond donors (Lipinski definition) is 2. The van der Waals surface area contributed by atoms with Gasteiger partial charge in [-0.05, 0) is 224 Å². The number of nitrogens with two attached hydrogens (primary N) is 1. The maximum Gasteiger partial charge on any atom is 0.258 e. The third kappa shape index (κ3) is 25.4. The Kier molecular flexibility index (Phi) is 30.8. The highest BCUT2D eigenvalue weighted by molar-refractivity contribution is 5.78. The molecule has 526 valence electrons. The minimum atomic E-state index is -0.487. The fourth-order valence-electron chi connectivity index (χ4n) is 10.5. The molecule has 2 amide bonds. The molecule has 0 spiro atoms. The Balaban J connectivity index is 0.000000216. The monoisotopic (exact) mass is 1340 g/mol. The Labute approximate surface area is 588 Å². The van der Waals surface area contributed by atoms with Crippen LogP contribution in [0.5, 0.6) is 34.5 Å². The predicted octanol–water partition coefficient (Wildman–Crippen LogP) is 15.3. The number of carbonyl (C=O) groups excluding carboxylic acids is 2. The molecule has 2 unspecified atom stereocenters. The van der Waals surface area contributed by atoms with Crippen LogP contribution in [0.1, 0.15) is 131 Å². The van der Waals surface area contributed by atoms with Crippen molar-refractivity contribution < 1.29 is 38.0 Å². The molecule has 8 aromatic carbocycles. The minimum Gasteiger partial charge on any atom is -0.492 e. The maximum absolute atomic E-state index is 12.4. The molecule has 9 aromatic rings. The summed E-state index contributed by atoms with van der Waals surface area (Å²) in [5.41, 5.74) is 18.8. The van der Waals surface area contributed by atoms with Gasteiger partial charge < -0.3 is 54.2 Å². The molecule has 0 aliphatic rings. The smallest absolute Gasteiger partial charge is 0.258 e. The number of primary amides is 1. The van der Waals surface area contributed by atoms with Gasteiger partial charge in [0, 0.05) is 26.2 Å². The van der Waals surface area contributed by atoms with Gasteiger partial charge >= 0.3 is 0 Å². The first-order valence-electron chi connectivity index (χ1n) is 34.5. The van der Waals surface area contributed by atoms with Gasteiger partial charge in [0.2, 0.25) is 5.82 Å². The molecule has 0 bridgehead atoms. The lowest BCUT2D eigenvalue weighted by Gasteiger charge is -2.20. The van der Waals surface area contributed by atoms with Crippen LogP contribution in [0.3, 0.4) is 0 Å². The predicted molar refractivity (Wildman–Crippen MR) is 400 cm³/mol. The fourth-order valence-corrected chi connectivity index (χ4v) is 10.5. The second-order valence-electron chi connectivity index (χ2n) is 26.3. The van der Waals surface area contributed by atoms with Crippen molar-refractivity contribution in [3.8, 4) is 67.9 Å². The van der Waals surface area contributed by atoms with Crippen molar-refractivity contribution >= 4 is 11.8 Å². The summed E-state index contributed by atoms with van der Waals surface area (Å²) in [6.45, 7) is 23.5. The number of nitrogens with zero attached hydrogens (tertiary/aromatic N) is 7. The van der Waals surface area contributed by atoms with Crippen LogP contribution in [0.4, 0.5) is 0 Å². The number of amides is 2. The van der Waals surface area contributed by atoms with E-state index in [4.69, 9.17) is 34.2 Å². The zero-order valence-corrected chi connectivity index (χ0v) is 60.8. The molecule has 1 aromatic heterocycles. The number of hydrogen-bond acceptors (Lipinski definition) is 14. The van der Waals surface area contributed by atoms with Crippen molar-refractivity contribution in [1.29, 1.82) is 0 Å². The first kappa shape index (κ1) is 76.8. The molecule has 0 saturated carbocycles. The number of aromatic nitrogens is 4. The Hall–Kier alpha value is -9.55. The van der Waals surface area contributed by atoms with Crippen LogP contribution in [0.2, 0.25) is 0 Å². The van der Waals surface area contributed by atoms with Gasteiger partial charge in [-0.25, -0.2) is 0 Å². The Bertz CT molecular complexity index is 3880. The van der Waals surface area contributed by atoms with Gasteiger partial charge in [-0.15, -0.1) is 10.2 Å². The zero-order chi connectivity index (χ0) is 71.2. The summed E-state index contributed by atoms with van der Waals surface area (Å²) in [6, 6.07) is 61.2. The van der Waals surface area contributed by atoms with E-state index in [1.807, 2.05) is 131 Å². The second-order valence-corrected chi connectivity index (χ2v) is 26.3. The third-order valence-electron chi connectivity index (χ3n) is 16.8. The lowest BCUT2D eigenvalue weighted by Crippen LogP contribution is -2.28. The number of likely N-dealkylation sites (N-methyl/N-ethyl adjacent to an activating group) is 3. The number of nitrogens with one attached hydrogen (secondary N) is 1. The van der Waals surface area contributed by atoms with E-state index in [0.717, 1.165) is 100 Å². The molecule has 0 radical (unpaired) electrons. The van der Waals surface area contributed by atoms with Gasteiger partial charge in [0.25, 0.3) is 11.8 Å². The molecule has 0 aliphatic heterocycles. The molecular weight excluding hydrogens is 1240 g/mol. The molecule has 3 N–H and O–H groups in total. The van der Waals surface area contributed by atoms with Crippen LogP contribution in [0.15, 0.2) is 182 Å². The van der Waals surface area contributed by atoms with E-state index in [1.54, 1.807) is 4.80 Å². The van der Waals surface area contributed by atoms with Gasteiger partial charge in [0.05, 0.1) is 6.54 Å². The summed E-state index contributed by atoms with van der Waals surface area (Å²) < 4.78 is 35.4. The van der Waals surface area contributed by atoms with Gasteiger partial charge in [0.15, 0.2) is 19.8 Å². The normalized spacial score (nSPS) is 11.7. The zero-order valence-electron chi connectivity index (χ0n) is 60.8. The molecule has 0 saturated heterocycles. The molecule has 17 heteroatoms. The Morgan fingerprint density at radius 1 is 0.455 bits per heavy atom. The van der Waals surface area contributed by atoms with Crippen molar-refractivity contribution in [2.45, 2.75) is 112 Å². The van der Waals surface area contributed by atoms with E-state index in [-0.39, 0.29) is 31.6 Å². The summed E-state index contributed by atoms with van der Waals surface area (Å²) in [6.07, 6.45) is 2.07. The first-order chi connectivity index (χ1) is 47.7. The summed E-state index contributed by atoms with van der Waals surface area (Å²) in [5, 5.41) is 15.8. The highest BCUT2D eigenvalue weighted by Crippen LogP contribution is 2.39. The molecular formula is C82H105N9O8.